The normalized spacial score (nSPS) is 12.0. The first-order valence-electron chi connectivity index (χ1n) is 5.09. The Hall–Kier alpha value is -2.15. The van der Waals surface area contributed by atoms with Crippen LogP contribution in [0.5, 0.6) is 0 Å². The highest BCUT2D eigenvalue weighted by molar-refractivity contribution is 7.90. The zero-order chi connectivity index (χ0) is 14.6. The van der Waals surface area contributed by atoms with Crippen molar-refractivity contribution >= 4 is 27.3 Å². The van der Waals surface area contributed by atoms with Crippen LogP contribution in [0.2, 0.25) is 0 Å². The smallest absolute Gasteiger partial charge is 0.378 e. The van der Waals surface area contributed by atoms with E-state index in [9.17, 15) is 23.1 Å². The Morgan fingerprint density at radius 1 is 1.21 bits per heavy atom. The minimum Gasteiger partial charge on any atom is -0.507 e. The maximum atomic E-state index is 11.2. The average molecular weight is 284 g/mol. The van der Waals surface area contributed by atoms with E-state index in [2.05, 4.69) is 4.74 Å². The average Bonchev–Trinajstić information content (AvgIpc) is 2.36. The topological polar surface area (TPSA) is 97.7 Å². The molecule has 0 aliphatic heterocycles. The molecule has 0 aliphatic rings. The quantitative estimate of drug-likeness (QED) is 0.379. The van der Waals surface area contributed by atoms with Crippen molar-refractivity contribution in [2.75, 3.05) is 13.4 Å². The number of hydrogen-bond donors (Lipinski definition) is 1. The van der Waals surface area contributed by atoms with Crippen molar-refractivity contribution in [2.24, 2.45) is 0 Å². The number of ether oxygens (including phenoxy) is 1. The van der Waals surface area contributed by atoms with Crippen LogP contribution in [0.25, 0.3) is 5.76 Å². The Bertz CT molecular complexity index is 625. The summed E-state index contributed by atoms with van der Waals surface area (Å²) < 4.78 is 26.6. The number of hydrogen-bond acceptors (Lipinski definition) is 6. The molecular formula is C12H12O6S. The Kier molecular flexibility index (Phi) is 4.44. The molecule has 0 fully saturated rings. The van der Waals surface area contributed by atoms with Crippen LogP contribution in [0.4, 0.5) is 0 Å². The second-order valence-corrected chi connectivity index (χ2v) is 5.70. The Morgan fingerprint density at radius 2 is 1.74 bits per heavy atom. The highest BCUT2D eigenvalue weighted by Gasteiger charge is 2.13. The summed E-state index contributed by atoms with van der Waals surface area (Å²) in [5.41, 5.74) is 0.213. The highest BCUT2D eigenvalue weighted by atomic mass is 32.2. The predicted molar refractivity (Wildman–Crippen MR) is 67.2 cm³/mol. The fraction of sp³-hybridized carbons (Fsp3) is 0.167. The van der Waals surface area contributed by atoms with E-state index in [4.69, 9.17) is 0 Å². The SMILES string of the molecule is COC(=O)C(=O)/C=C(\O)c1ccc(S(C)(=O)=O)cc1. The number of aliphatic hydroxyl groups is 1. The van der Waals surface area contributed by atoms with E-state index in [1.165, 1.54) is 24.3 Å². The molecule has 0 amide bonds. The first kappa shape index (κ1) is 14.9. The van der Waals surface area contributed by atoms with Crippen LogP contribution in [-0.2, 0) is 24.2 Å². The molecule has 1 aromatic rings. The summed E-state index contributed by atoms with van der Waals surface area (Å²) in [6.07, 6.45) is 1.76. The number of carbonyl (C=O) groups is 2. The molecule has 0 aliphatic carbocycles. The second kappa shape index (κ2) is 5.66. The molecule has 1 rings (SSSR count). The molecule has 0 atom stereocenters. The van der Waals surface area contributed by atoms with Gasteiger partial charge in [0.05, 0.1) is 12.0 Å². The summed E-state index contributed by atoms with van der Waals surface area (Å²) in [5, 5.41) is 9.61. The number of benzene rings is 1. The first-order valence-corrected chi connectivity index (χ1v) is 6.98. The largest absolute Gasteiger partial charge is 0.507 e. The molecule has 1 aromatic carbocycles. The van der Waals surface area contributed by atoms with E-state index in [1.807, 2.05) is 0 Å². The maximum absolute atomic E-state index is 11.2. The number of methoxy groups -OCH3 is 1. The predicted octanol–water partition coefficient (Wildman–Crippen LogP) is 0.731. The number of aliphatic hydroxyl groups excluding tert-OH is 1. The van der Waals surface area contributed by atoms with Gasteiger partial charge in [0.15, 0.2) is 9.84 Å². The van der Waals surface area contributed by atoms with Crippen LogP contribution in [0.15, 0.2) is 35.2 Å². The van der Waals surface area contributed by atoms with Gasteiger partial charge in [-0.25, -0.2) is 13.2 Å². The van der Waals surface area contributed by atoms with Crippen LogP contribution < -0.4 is 0 Å². The fourth-order valence-corrected chi connectivity index (χ4v) is 1.87. The van der Waals surface area contributed by atoms with E-state index in [-0.39, 0.29) is 10.5 Å². The lowest BCUT2D eigenvalue weighted by molar-refractivity contribution is -0.149. The molecule has 0 bridgehead atoms. The number of sulfone groups is 1. The van der Waals surface area contributed by atoms with Crippen molar-refractivity contribution in [1.29, 1.82) is 0 Å². The van der Waals surface area contributed by atoms with Gasteiger partial charge in [-0.2, -0.15) is 0 Å². The summed E-state index contributed by atoms with van der Waals surface area (Å²) in [7, 11) is -2.28. The summed E-state index contributed by atoms with van der Waals surface area (Å²) in [6.45, 7) is 0. The van der Waals surface area contributed by atoms with Crippen LogP contribution in [0.3, 0.4) is 0 Å². The molecule has 0 saturated heterocycles. The molecule has 19 heavy (non-hydrogen) atoms. The minimum absolute atomic E-state index is 0.0864. The molecule has 0 aromatic heterocycles. The van der Waals surface area contributed by atoms with Crippen molar-refractivity contribution in [3.63, 3.8) is 0 Å². The second-order valence-electron chi connectivity index (χ2n) is 3.68. The molecule has 6 nitrogen and oxygen atoms in total. The van der Waals surface area contributed by atoms with Gasteiger partial charge in [-0.05, 0) is 24.3 Å². The van der Waals surface area contributed by atoms with Crippen molar-refractivity contribution in [1.82, 2.24) is 0 Å². The third-order valence-corrected chi connectivity index (χ3v) is 3.36. The monoisotopic (exact) mass is 284 g/mol. The molecule has 0 heterocycles. The first-order chi connectivity index (χ1) is 8.75. The molecule has 102 valence electrons. The molecule has 0 spiro atoms. The van der Waals surface area contributed by atoms with Gasteiger partial charge < -0.3 is 9.84 Å². The molecule has 0 saturated carbocycles. The minimum atomic E-state index is -3.33. The fourth-order valence-electron chi connectivity index (χ4n) is 1.24. The third-order valence-electron chi connectivity index (χ3n) is 2.23. The van der Waals surface area contributed by atoms with E-state index in [0.29, 0.717) is 6.08 Å². The maximum Gasteiger partial charge on any atom is 0.378 e. The standard InChI is InChI=1S/C12H12O6S/c1-18-12(15)11(14)7-10(13)8-3-5-9(6-4-8)19(2,16)17/h3-7,13H,1-2H3/b10-7-. The molecule has 0 radical (unpaired) electrons. The summed E-state index contributed by atoms with van der Waals surface area (Å²) in [6, 6.07) is 5.23. The van der Waals surface area contributed by atoms with Crippen LogP contribution in [0.1, 0.15) is 5.56 Å². The van der Waals surface area contributed by atoms with E-state index in [1.54, 1.807) is 0 Å². The van der Waals surface area contributed by atoms with E-state index < -0.39 is 27.3 Å². The van der Waals surface area contributed by atoms with Crippen molar-refractivity contribution in [3.8, 4) is 0 Å². The summed E-state index contributed by atoms with van der Waals surface area (Å²) in [5.74, 6) is -2.55. The van der Waals surface area contributed by atoms with Gasteiger partial charge in [0.1, 0.15) is 5.76 Å². The van der Waals surface area contributed by atoms with Crippen LogP contribution in [-0.4, -0.2) is 38.6 Å². The van der Waals surface area contributed by atoms with Crippen LogP contribution >= 0.6 is 0 Å². The molecule has 1 N–H and O–H groups in total. The van der Waals surface area contributed by atoms with Gasteiger partial charge >= 0.3 is 5.97 Å². The van der Waals surface area contributed by atoms with E-state index >= 15 is 0 Å². The number of esters is 1. The molecule has 0 unspecified atom stereocenters. The molecular weight excluding hydrogens is 272 g/mol. The summed E-state index contributed by atoms with van der Waals surface area (Å²) >= 11 is 0. The lowest BCUT2D eigenvalue weighted by atomic mass is 10.1. The number of carbonyl (C=O) groups excluding carboxylic acids is 2. The van der Waals surface area contributed by atoms with Crippen LogP contribution in [0, 0.1) is 0 Å². The zero-order valence-corrected chi connectivity index (χ0v) is 11.1. The number of ketones is 1. The highest BCUT2D eigenvalue weighted by Crippen LogP contribution is 2.15. The van der Waals surface area contributed by atoms with Gasteiger partial charge in [-0.3, -0.25) is 4.79 Å². The van der Waals surface area contributed by atoms with Crippen molar-refractivity contribution in [3.05, 3.63) is 35.9 Å². The Labute approximate surface area is 110 Å². The van der Waals surface area contributed by atoms with Gasteiger partial charge in [-0.15, -0.1) is 0 Å². The summed E-state index contributed by atoms with van der Waals surface area (Å²) in [4.78, 5) is 22.1. The van der Waals surface area contributed by atoms with E-state index in [0.717, 1.165) is 13.4 Å². The Morgan fingerprint density at radius 3 is 2.16 bits per heavy atom. The van der Waals surface area contributed by atoms with Gasteiger partial charge in [0, 0.05) is 17.9 Å². The van der Waals surface area contributed by atoms with Gasteiger partial charge in [0.2, 0.25) is 0 Å². The van der Waals surface area contributed by atoms with Crippen molar-refractivity contribution in [2.45, 2.75) is 4.90 Å². The zero-order valence-electron chi connectivity index (χ0n) is 10.3. The van der Waals surface area contributed by atoms with Crippen molar-refractivity contribution < 1.29 is 27.9 Å². The third kappa shape index (κ3) is 3.92. The Balaban J connectivity index is 3.02. The lowest BCUT2D eigenvalue weighted by Crippen LogP contribution is -2.13. The molecule has 7 heteroatoms. The number of rotatable bonds is 4. The van der Waals surface area contributed by atoms with Gasteiger partial charge in [0.25, 0.3) is 5.78 Å². The lowest BCUT2D eigenvalue weighted by Gasteiger charge is -2.02. The van der Waals surface area contributed by atoms with Gasteiger partial charge in [-0.1, -0.05) is 0 Å².